The molecule has 0 saturated carbocycles. The molecule has 1 aromatic rings. The van der Waals surface area contributed by atoms with Crippen LogP contribution in [-0.2, 0) is 11.3 Å². The van der Waals surface area contributed by atoms with E-state index in [4.69, 9.17) is 5.26 Å². The van der Waals surface area contributed by atoms with E-state index in [0.29, 0.717) is 11.1 Å². The van der Waals surface area contributed by atoms with Gasteiger partial charge in [-0.1, -0.05) is 32.0 Å². The van der Waals surface area contributed by atoms with Crippen molar-refractivity contribution in [2.75, 3.05) is 0 Å². The van der Waals surface area contributed by atoms with Crippen molar-refractivity contribution >= 4 is 11.9 Å². The van der Waals surface area contributed by atoms with Gasteiger partial charge in [0.1, 0.15) is 5.54 Å². The highest BCUT2D eigenvalue weighted by molar-refractivity contribution is 6.06. The lowest BCUT2D eigenvalue weighted by Gasteiger charge is -2.25. The fraction of sp³-hybridized carbons (Fsp3) is 0.400. The highest BCUT2D eigenvalue weighted by Gasteiger charge is 2.49. The van der Waals surface area contributed by atoms with Gasteiger partial charge in [0.25, 0.3) is 5.91 Å². The highest BCUT2D eigenvalue weighted by atomic mass is 16.2. The maximum Gasteiger partial charge on any atom is 0.325 e. The SMILES string of the molecule is CC(C)C1(C)NC(=O)N(Cc2ccccc2C#N)C1=O. The average Bonchev–Trinajstić information content (AvgIpc) is 2.64. The Bertz CT molecular complexity index is 603. The van der Waals surface area contributed by atoms with E-state index in [2.05, 4.69) is 11.4 Å². The van der Waals surface area contributed by atoms with E-state index in [0.717, 1.165) is 0 Å². The topological polar surface area (TPSA) is 73.2 Å². The molecule has 0 aromatic heterocycles. The summed E-state index contributed by atoms with van der Waals surface area (Å²) in [7, 11) is 0. The van der Waals surface area contributed by atoms with Crippen molar-refractivity contribution in [2.45, 2.75) is 32.9 Å². The Balaban J connectivity index is 2.29. The van der Waals surface area contributed by atoms with Crippen molar-refractivity contribution in [3.63, 3.8) is 0 Å². The fourth-order valence-electron chi connectivity index (χ4n) is 2.19. The van der Waals surface area contributed by atoms with Gasteiger partial charge in [0.15, 0.2) is 0 Å². The Morgan fingerprint density at radius 2 is 2.00 bits per heavy atom. The number of benzene rings is 1. The predicted octanol–water partition coefficient (Wildman–Crippen LogP) is 2.02. The number of nitrogens with zero attached hydrogens (tertiary/aromatic N) is 2. The molecule has 0 spiro atoms. The van der Waals surface area contributed by atoms with Crippen LogP contribution in [0, 0.1) is 17.2 Å². The summed E-state index contributed by atoms with van der Waals surface area (Å²) >= 11 is 0. The van der Waals surface area contributed by atoms with Crippen molar-refractivity contribution in [3.05, 3.63) is 35.4 Å². The molecule has 1 aliphatic heterocycles. The van der Waals surface area contributed by atoms with Gasteiger partial charge in [-0.05, 0) is 24.5 Å². The Hall–Kier alpha value is -2.35. The maximum absolute atomic E-state index is 12.4. The minimum Gasteiger partial charge on any atom is -0.323 e. The van der Waals surface area contributed by atoms with Gasteiger partial charge >= 0.3 is 6.03 Å². The van der Waals surface area contributed by atoms with Crippen molar-refractivity contribution in [1.82, 2.24) is 10.2 Å². The lowest BCUT2D eigenvalue weighted by Crippen LogP contribution is -2.48. The number of carbonyl (C=O) groups is 2. The van der Waals surface area contributed by atoms with E-state index in [-0.39, 0.29) is 18.4 Å². The van der Waals surface area contributed by atoms with Crippen LogP contribution in [0.4, 0.5) is 4.79 Å². The summed E-state index contributed by atoms with van der Waals surface area (Å²) in [6.45, 7) is 5.64. The fourth-order valence-corrected chi connectivity index (χ4v) is 2.19. The van der Waals surface area contributed by atoms with Crippen molar-refractivity contribution in [1.29, 1.82) is 5.26 Å². The van der Waals surface area contributed by atoms with Crippen LogP contribution in [0.15, 0.2) is 24.3 Å². The summed E-state index contributed by atoms with van der Waals surface area (Å²) in [4.78, 5) is 25.6. The van der Waals surface area contributed by atoms with Crippen LogP contribution in [0.25, 0.3) is 0 Å². The van der Waals surface area contributed by atoms with Crippen LogP contribution < -0.4 is 5.32 Å². The van der Waals surface area contributed by atoms with E-state index in [9.17, 15) is 9.59 Å². The number of nitrogens with one attached hydrogen (secondary N) is 1. The summed E-state index contributed by atoms with van der Waals surface area (Å²) in [6, 6.07) is 8.64. The molecule has 1 heterocycles. The predicted molar refractivity (Wildman–Crippen MR) is 73.5 cm³/mol. The number of hydrogen-bond donors (Lipinski definition) is 1. The molecule has 0 radical (unpaired) electrons. The minimum atomic E-state index is -0.876. The van der Waals surface area contributed by atoms with Crippen LogP contribution in [0.1, 0.15) is 31.9 Å². The van der Waals surface area contributed by atoms with Crippen LogP contribution in [-0.4, -0.2) is 22.4 Å². The molecule has 2 rings (SSSR count). The first-order valence-corrected chi connectivity index (χ1v) is 6.52. The number of hydrogen-bond acceptors (Lipinski definition) is 3. The molecule has 3 amide bonds. The summed E-state index contributed by atoms with van der Waals surface area (Å²) in [6.07, 6.45) is 0. The third-order valence-electron chi connectivity index (χ3n) is 3.92. The van der Waals surface area contributed by atoms with Gasteiger partial charge in [0.2, 0.25) is 0 Å². The standard InChI is InChI=1S/C15H17N3O2/c1-10(2)15(3)13(19)18(14(20)17-15)9-12-7-5-4-6-11(12)8-16/h4-7,10H,9H2,1-3H3,(H,17,20). The van der Waals surface area contributed by atoms with Gasteiger partial charge in [0, 0.05) is 0 Å². The second-order valence-corrected chi connectivity index (χ2v) is 5.45. The Kier molecular flexibility index (Phi) is 3.49. The molecule has 5 heteroatoms. The molecule has 104 valence electrons. The third kappa shape index (κ3) is 2.14. The van der Waals surface area contributed by atoms with Crippen LogP contribution in [0.5, 0.6) is 0 Å². The second-order valence-electron chi connectivity index (χ2n) is 5.45. The molecule has 1 fully saturated rings. The number of rotatable bonds is 3. The molecule has 20 heavy (non-hydrogen) atoms. The molecule has 0 aliphatic carbocycles. The number of amides is 3. The van der Waals surface area contributed by atoms with Gasteiger partial charge in [-0.15, -0.1) is 0 Å². The van der Waals surface area contributed by atoms with E-state index >= 15 is 0 Å². The average molecular weight is 271 g/mol. The minimum absolute atomic E-state index is 0.00448. The molecule has 1 atom stereocenters. The lowest BCUT2D eigenvalue weighted by molar-refractivity contribution is -0.132. The largest absolute Gasteiger partial charge is 0.325 e. The normalized spacial score (nSPS) is 22.1. The van der Waals surface area contributed by atoms with Gasteiger partial charge in [-0.3, -0.25) is 9.69 Å². The molecule has 1 aromatic carbocycles. The molecule has 5 nitrogen and oxygen atoms in total. The number of carbonyl (C=O) groups excluding carboxylic acids is 2. The first-order valence-electron chi connectivity index (χ1n) is 6.52. The zero-order valence-electron chi connectivity index (χ0n) is 11.8. The quantitative estimate of drug-likeness (QED) is 0.855. The molecule has 0 bridgehead atoms. The van der Waals surface area contributed by atoms with Gasteiger partial charge in [0.05, 0.1) is 18.2 Å². The number of imide groups is 1. The zero-order valence-corrected chi connectivity index (χ0v) is 11.8. The third-order valence-corrected chi connectivity index (χ3v) is 3.92. The molecule has 1 unspecified atom stereocenters. The molecule has 1 saturated heterocycles. The maximum atomic E-state index is 12.4. The molecular formula is C15H17N3O2. The highest BCUT2D eigenvalue weighted by Crippen LogP contribution is 2.27. The molecule has 1 aliphatic rings. The van der Waals surface area contributed by atoms with Gasteiger partial charge < -0.3 is 5.32 Å². The first kappa shape index (κ1) is 14.1. The van der Waals surface area contributed by atoms with Crippen LogP contribution in [0.3, 0.4) is 0 Å². The Morgan fingerprint density at radius 3 is 2.55 bits per heavy atom. The summed E-state index contributed by atoms with van der Waals surface area (Å²) in [5.74, 6) is -0.250. The van der Waals surface area contributed by atoms with Crippen molar-refractivity contribution in [2.24, 2.45) is 5.92 Å². The van der Waals surface area contributed by atoms with E-state index in [1.807, 2.05) is 13.8 Å². The van der Waals surface area contributed by atoms with Gasteiger partial charge in [-0.2, -0.15) is 5.26 Å². The first-order chi connectivity index (χ1) is 9.40. The number of urea groups is 1. The molecular weight excluding hydrogens is 254 g/mol. The lowest BCUT2D eigenvalue weighted by atomic mass is 9.88. The molecule has 1 N–H and O–H groups in total. The van der Waals surface area contributed by atoms with Gasteiger partial charge in [-0.25, -0.2) is 4.79 Å². The van der Waals surface area contributed by atoms with E-state index in [1.165, 1.54) is 4.90 Å². The van der Waals surface area contributed by atoms with E-state index in [1.54, 1.807) is 31.2 Å². The van der Waals surface area contributed by atoms with Crippen molar-refractivity contribution < 1.29 is 9.59 Å². The number of nitriles is 1. The second kappa shape index (κ2) is 4.97. The van der Waals surface area contributed by atoms with Crippen molar-refractivity contribution in [3.8, 4) is 6.07 Å². The Labute approximate surface area is 118 Å². The summed E-state index contributed by atoms with van der Waals surface area (Å²) < 4.78 is 0. The summed E-state index contributed by atoms with van der Waals surface area (Å²) in [5.41, 5.74) is 0.274. The Morgan fingerprint density at radius 1 is 1.35 bits per heavy atom. The van der Waals surface area contributed by atoms with E-state index < -0.39 is 11.6 Å². The van der Waals surface area contributed by atoms with Crippen LogP contribution in [0.2, 0.25) is 0 Å². The zero-order chi connectivity index (χ0) is 14.9. The van der Waals surface area contributed by atoms with Crippen LogP contribution >= 0.6 is 0 Å². The smallest absolute Gasteiger partial charge is 0.323 e. The monoisotopic (exact) mass is 271 g/mol. The summed E-state index contributed by atoms with van der Waals surface area (Å²) in [5, 5.41) is 11.8.